The monoisotopic (exact) mass is 249 g/mol. The molecule has 0 aliphatic carbocycles. The van der Waals surface area contributed by atoms with Crippen molar-refractivity contribution in [1.29, 1.82) is 0 Å². The van der Waals surface area contributed by atoms with Gasteiger partial charge in [0, 0.05) is 32.2 Å². The van der Waals surface area contributed by atoms with Crippen molar-refractivity contribution in [2.75, 3.05) is 50.0 Å². The molecule has 1 saturated heterocycles. The maximum Gasteiger partial charge on any atom is 0.148 e. The van der Waals surface area contributed by atoms with Crippen molar-refractivity contribution in [3.63, 3.8) is 0 Å². The van der Waals surface area contributed by atoms with Crippen molar-refractivity contribution >= 4 is 17.4 Å². The van der Waals surface area contributed by atoms with Crippen molar-refractivity contribution in [2.45, 2.75) is 6.92 Å². The van der Waals surface area contributed by atoms with E-state index in [1.807, 2.05) is 6.07 Å². The van der Waals surface area contributed by atoms with Crippen LogP contribution in [-0.2, 0) is 4.79 Å². The largest absolute Gasteiger partial charge is 0.363 e. The molecule has 1 N–H and O–H groups in total. The maximum absolute atomic E-state index is 10.9. The van der Waals surface area contributed by atoms with Crippen molar-refractivity contribution in [3.05, 3.63) is 12.4 Å². The predicted molar refractivity (Wildman–Crippen MR) is 70.9 cm³/mol. The molecule has 18 heavy (non-hydrogen) atoms. The average molecular weight is 249 g/mol. The van der Waals surface area contributed by atoms with E-state index in [4.69, 9.17) is 0 Å². The zero-order chi connectivity index (χ0) is 13.0. The summed E-state index contributed by atoms with van der Waals surface area (Å²) >= 11 is 0. The first-order chi connectivity index (χ1) is 8.65. The fourth-order valence-corrected chi connectivity index (χ4v) is 1.87. The van der Waals surface area contributed by atoms with Gasteiger partial charge in [0.15, 0.2) is 0 Å². The number of nitrogens with one attached hydrogen (secondary N) is 1. The maximum atomic E-state index is 10.9. The molecule has 0 unspecified atom stereocenters. The van der Waals surface area contributed by atoms with Crippen LogP contribution < -0.4 is 10.2 Å². The molecule has 6 heteroatoms. The lowest BCUT2D eigenvalue weighted by Gasteiger charge is -2.33. The lowest BCUT2D eigenvalue weighted by atomic mass is 10.3. The highest BCUT2D eigenvalue weighted by atomic mass is 16.1. The summed E-state index contributed by atoms with van der Waals surface area (Å²) in [6.45, 7) is 5.88. The van der Waals surface area contributed by atoms with Crippen LogP contribution in [0.5, 0.6) is 0 Å². The van der Waals surface area contributed by atoms with Crippen molar-refractivity contribution in [1.82, 2.24) is 14.9 Å². The third-order valence-corrected chi connectivity index (χ3v) is 3.00. The highest BCUT2D eigenvalue weighted by Gasteiger charge is 2.15. The van der Waals surface area contributed by atoms with Gasteiger partial charge in [-0.1, -0.05) is 0 Å². The number of nitrogens with zero attached hydrogens (tertiary/aromatic N) is 4. The lowest BCUT2D eigenvalue weighted by molar-refractivity contribution is -0.115. The van der Waals surface area contributed by atoms with E-state index in [-0.39, 0.29) is 5.78 Å². The minimum absolute atomic E-state index is 0.0924. The van der Waals surface area contributed by atoms with E-state index < -0.39 is 0 Å². The Bertz CT molecular complexity index is 415. The smallest absolute Gasteiger partial charge is 0.148 e. The number of carbonyl (C=O) groups is 1. The second kappa shape index (κ2) is 5.77. The van der Waals surface area contributed by atoms with Crippen LogP contribution in [0.2, 0.25) is 0 Å². The number of piperazine rings is 1. The molecule has 2 rings (SSSR count). The number of ketones is 1. The molecular weight excluding hydrogens is 230 g/mol. The van der Waals surface area contributed by atoms with E-state index in [0.29, 0.717) is 12.4 Å². The minimum Gasteiger partial charge on any atom is -0.363 e. The van der Waals surface area contributed by atoms with Gasteiger partial charge in [0.1, 0.15) is 23.7 Å². The van der Waals surface area contributed by atoms with Gasteiger partial charge in [-0.25, -0.2) is 9.97 Å². The quantitative estimate of drug-likeness (QED) is 0.824. The van der Waals surface area contributed by atoms with Crippen LogP contribution >= 0.6 is 0 Å². The number of hydrogen-bond acceptors (Lipinski definition) is 6. The first-order valence-electron chi connectivity index (χ1n) is 6.14. The standard InChI is InChI=1S/C12H19N5O/c1-10(18)8-13-11-7-12(15-9-14-11)17-5-3-16(2)4-6-17/h7,9H,3-6,8H2,1-2H3,(H,13,14,15). The summed E-state index contributed by atoms with van der Waals surface area (Å²) < 4.78 is 0. The normalized spacial score (nSPS) is 16.7. The molecule has 0 bridgehead atoms. The van der Waals surface area contributed by atoms with Crippen LogP contribution in [0.4, 0.5) is 11.6 Å². The number of hydrogen-bond donors (Lipinski definition) is 1. The van der Waals surface area contributed by atoms with Gasteiger partial charge >= 0.3 is 0 Å². The number of rotatable bonds is 4. The Kier molecular flexibility index (Phi) is 4.09. The van der Waals surface area contributed by atoms with Crippen molar-refractivity contribution < 1.29 is 4.79 Å². The Hall–Kier alpha value is -1.69. The van der Waals surface area contributed by atoms with Gasteiger partial charge in [-0.2, -0.15) is 0 Å². The predicted octanol–water partition coefficient (Wildman–Crippen LogP) is 0.229. The molecule has 1 aliphatic heterocycles. The topological polar surface area (TPSA) is 61.4 Å². The first kappa shape index (κ1) is 12.8. The summed E-state index contributed by atoms with van der Waals surface area (Å²) in [6, 6.07) is 1.90. The van der Waals surface area contributed by atoms with Crippen LogP contribution in [0, 0.1) is 0 Å². The highest BCUT2D eigenvalue weighted by Crippen LogP contribution is 2.15. The summed E-state index contributed by atoms with van der Waals surface area (Å²) in [7, 11) is 2.12. The van der Waals surface area contributed by atoms with Gasteiger partial charge < -0.3 is 15.1 Å². The second-order valence-corrected chi connectivity index (χ2v) is 4.61. The van der Waals surface area contributed by atoms with Crippen LogP contribution in [0.25, 0.3) is 0 Å². The molecule has 98 valence electrons. The third-order valence-electron chi connectivity index (χ3n) is 3.00. The number of likely N-dealkylation sites (N-methyl/N-ethyl adjacent to an activating group) is 1. The SMILES string of the molecule is CC(=O)CNc1cc(N2CCN(C)CC2)ncn1. The molecule has 6 nitrogen and oxygen atoms in total. The molecule has 1 fully saturated rings. The van der Waals surface area contributed by atoms with Gasteiger partial charge in [0.2, 0.25) is 0 Å². The van der Waals surface area contributed by atoms with Crippen molar-refractivity contribution in [3.8, 4) is 0 Å². The summed E-state index contributed by atoms with van der Waals surface area (Å²) in [4.78, 5) is 23.8. The summed E-state index contributed by atoms with van der Waals surface area (Å²) in [5, 5.41) is 2.99. The molecular formula is C12H19N5O. The molecule has 1 aromatic heterocycles. The van der Waals surface area contributed by atoms with Gasteiger partial charge in [-0.15, -0.1) is 0 Å². The average Bonchev–Trinajstić information content (AvgIpc) is 2.37. The fraction of sp³-hybridized carbons (Fsp3) is 0.583. The second-order valence-electron chi connectivity index (χ2n) is 4.61. The molecule has 0 atom stereocenters. The lowest BCUT2D eigenvalue weighted by Crippen LogP contribution is -2.44. The van der Waals surface area contributed by atoms with Crippen LogP contribution in [0.1, 0.15) is 6.92 Å². The molecule has 0 amide bonds. The summed E-state index contributed by atoms with van der Waals surface area (Å²) in [5.74, 6) is 1.72. The molecule has 0 radical (unpaired) electrons. The molecule has 0 spiro atoms. The van der Waals surface area contributed by atoms with Gasteiger partial charge in [0.25, 0.3) is 0 Å². The van der Waals surface area contributed by atoms with E-state index in [9.17, 15) is 4.79 Å². The number of aromatic nitrogens is 2. The Labute approximate surface area is 107 Å². The fourth-order valence-electron chi connectivity index (χ4n) is 1.87. The van der Waals surface area contributed by atoms with Gasteiger partial charge in [-0.05, 0) is 14.0 Å². The zero-order valence-electron chi connectivity index (χ0n) is 10.9. The Morgan fingerprint density at radius 3 is 2.72 bits per heavy atom. The molecule has 1 aliphatic rings. The van der Waals surface area contributed by atoms with Crippen LogP contribution in [0.3, 0.4) is 0 Å². The van der Waals surface area contributed by atoms with E-state index >= 15 is 0 Å². The molecule has 0 saturated carbocycles. The van der Waals surface area contributed by atoms with E-state index in [2.05, 4.69) is 32.1 Å². The number of carbonyl (C=O) groups excluding carboxylic acids is 1. The Balaban J connectivity index is 2.00. The van der Waals surface area contributed by atoms with E-state index in [0.717, 1.165) is 32.0 Å². The summed E-state index contributed by atoms with van der Waals surface area (Å²) in [6.07, 6.45) is 1.54. The molecule has 1 aromatic rings. The summed E-state index contributed by atoms with van der Waals surface area (Å²) in [5.41, 5.74) is 0. The number of anilines is 2. The Morgan fingerprint density at radius 1 is 1.33 bits per heavy atom. The van der Waals surface area contributed by atoms with E-state index in [1.165, 1.54) is 6.33 Å². The minimum atomic E-state index is 0.0924. The van der Waals surface area contributed by atoms with Crippen LogP contribution in [0.15, 0.2) is 12.4 Å². The zero-order valence-corrected chi connectivity index (χ0v) is 10.9. The van der Waals surface area contributed by atoms with Gasteiger partial charge in [0.05, 0.1) is 6.54 Å². The van der Waals surface area contributed by atoms with E-state index in [1.54, 1.807) is 6.92 Å². The molecule has 0 aromatic carbocycles. The highest BCUT2D eigenvalue weighted by molar-refractivity contribution is 5.80. The van der Waals surface area contributed by atoms with Gasteiger partial charge in [-0.3, -0.25) is 4.79 Å². The molecule has 2 heterocycles. The Morgan fingerprint density at radius 2 is 2.06 bits per heavy atom. The van der Waals surface area contributed by atoms with Crippen molar-refractivity contribution in [2.24, 2.45) is 0 Å². The third kappa shape index (κ3) is 3.40. The van der Waals surface area contributed by atoms with Crippen LogP contribution in [-0.4, -0.2) is 60.4 Å². The first-order valence-corrected chi connectivity index (χ1v) is 6.14. The number of Topliss-reactive ketones (excluding diaryl/α,β-unsaturated/α-hetero) is 1.